The normalized spacial score (nSPS) is 23.7. The van der Waals surface area contributed by atoms with E-state index in [1.165, 1.54) is 0 Å². The van der Waals surface area contributed by atoms with E-state index in [0.29, 0.717) is 6.61 Å². The molecule has 2 N–H and O–H groups in total. The molecule has 0 saturated carbocycles. The van der Waals surface area contributed by atoms with E-state index in [4.69, 9.17) is 4.74 Å². The summed E-state index contributed by atoms with van der Waals surface area (Å²) in [6.45, 7) is 6.51. The van der Waals surface area contributed by atoms with Crippen molar-refractivity contribution in [1.29, 1.82) is 0 Å². The van der Waals surface area contributed by atoms with Gasteiger partial charge in [-0.05, 0) is 36.2 Å². The maximum atomic E-state index is 5.41. The van der Waals surface area contributed by atoms with Gasteiger partial charge in [-0.2, -0.15) is 0 Å². The molecule has 5 nitrogen and oxygen atoms in total. The molecule has 1 aliphatic rings. The number of aromatic nitrogens is 2. The molecule has 0 aromatic carbocycles. The molecular formula is C11H17BrN4O. The van der Waals surface area contributed by atoms with Gasteiger partial charge in [-0.15, -0.1) is 0 Å². The minimum atomic E-state index is -0.0413. The zero-order valence-electron chi connectivity index (χ0n) is 10.1. The summed E-state index contributed by atoms with van der Waals surface area (Å²) in [6, 6.07) is 0. The molecule has 1 aromatic heterocycles. The summed E-state index contributed by atoms with van der Waals surface area (Å²) in [7, 11) is 0. The van der Waals surface area contributed by atoms with E-state index in [1.807, 2.05) is 6.92 Å². The molecule has 0 bridgehead atoms. The predicted molar refractivity (Wildman–Crippen MR) is 71.4 cm³/mol. The smallest absolute Gasteiger partial charge is 0.146 e. The van der Waals surface area contributed by atoms with Crippen LogP contribution >= 0.6 is 15.9 Å². The van der Waals surface area contributed by atoms with Gasteiger partial charge in [0.2, 0.25) is 0 Å². The van der Waals surface area contributed by atoms with Gasteiger partial charge in [0.05, 0.1) is 12.1 Å². The van der Waals surface area contributed by atoms with Crippen molar-refractivity contribution in [3.05, 3.63) is 10.8 Å². The molecule has 1 saturated heterocycles. The number of hydrogen-bond donors (Lipinski definition) is 2. The first-order valence-electron chi connectivity index (χ1n) is 5.75. The number of nitrogens with zero attached hydrogens (tertiary/aromatic N) is 2. The molecule has 94 valence electrons. The fraction of sp³-hybridized carbons (Fsp3) is 0.636. The summed E-state index contributed by atoms with van der Waals surface area (Å²) >= 11 is 3.52. The first-order chi connectivity index (χ1) is 8.14. The van der Waals surface area contributed by atoms with Crippen LogP contribution in [0.1, 0.15) is 20.3 Å². The number of hydrogen-bond acceptors (Lipinski definition) is 5. The minimum Gasteiger partial charge on any atom is -0.379 e. The Morgan fingerprint density at radius 1 is 1.47 bits per heavy atom. The van der Waals surface area contributed by atoms with Gasteiger partial charge in [0.25, 0.3) is 0 Å². The van der Waals surface area contributed by atoms with Crippen molar-refractivity contribution in [3.63, 3.8) is 0 Å². The first-order valence-corrected chi connectivity index (χ1v) is 6.54. The molecule has 1 aliphatic heterocycles. The minimum absolute atomic E-state index is 0.0413. The predicted octanol–water partition coefficient (Wildman–Crippen LogP) is 2.26. The van der Waals surface area contributed by atoms with Gasteiger partial charge in [-0.3, -0.25) is 0 Å². The maximum Gasteiger partial charge on any atom is 0.146 e. The third-order valence-corrected chi connectivity index (χ3v) is 3.52. The van der Waals surface area contributed by atoms with Crippen LogP contribution < -0.4 is 10.6 Å². The first kappa shape index (κ1) is 12.6. The van der Waals surface area contributed by atoms with Crippen LogP contribution in [-0.2, 0) is 4.74 Å². The molecule has 1 fully saturated rings. The molecule has 1 unspecified atom stereocenters. The molecule has 0 aliphatic carbocycles. The molecule has 6 heteroatoms. The topological polar surface area (TPSA) is 59.1 Å². The molecule has 0 amide bonds. The Hall–Kier alpha value is -0.880. The van der Waals surface area contributed by atoms with Gasteiger partial charge in [-0.25, -0.2) is 9.97 Å². The van der Waals surface area contributed by atoms with Crippen LogP contribution in [0.3, 0.4) is 0 Å². The summed E-state index contributed by atoms with van der Waals surface area (Å²) < 4.78 is 6.28. The monoisotopic (exact) mass is 300 g/mol. The second-order valence-electron chi connectivity index (χ2n) is 4.40. The Morgan fingerprint density at radius 3 is 2.88 bits per heavy atom. The lowest BCUT2D eigenvalue weighted by atomic mass is 10.0. The Labute approximate surface area is 110 Å². The van der Waals surface area contributed by atoms with Crippen molar-refractivity contribution < 1.29 is 4.74 Å². The molecule has 1 aromatic rings. The number of anilines is 2. The van der Waals surface area contributed by atoms with Crippen molar-refractivity contribution in [2.75, 3.05) is 30.4 Å². The highest BCUT2D eigenvalue weighted by atomic mass is 79.9. The van der Waals surface area contributed by atoms with Gasteiger partial charge in [-0.1, -0.05) is 0 Å². The van der Waals surface area contributed by atoms with E-state index in [9.17, 15) is 0 Å². The fourth-order valence-electron chi connectivity index (χ4n) is 1.80. The SMILES string of the molecule is CCNc1ncnc(NC2(C)CCOC2)c1Br. The van der Waals surface area contributed by atoms with Crippen LogP contribution in [0.5, 0.6) is 0 Å². The highest BCUT2D eigenvalue weighted by Gasteiger charge is 2.30. The number of halogens is 1. The Bertz CT molecular complexity index is 393. The summed E-state index contributed by atoms with van der Waals surface area (Å²) in [5, 5.41) is 6.61. The van der Waals surface area contributed by atoms with Crippen LogP contribution in [-0.4, -0.2) is 35.3 Å². The lowest BCUT2D eigenvalue weighted by Crippen LogP contribution is -2.35. The van der Waals surface area contributed by atoms with Crippen LogP contribution in [0.25, 0.3) is 0 Å². The Kier molecular flexibility index (Phi) is 3.83. The average Bonchev–Trinajstić information content (AvgIpc) is 2.71. The second kappa shape index (κ2) is 5.18. The van der Waals surface area contributed by atoms with Crippen LogP contribution in [0.15, 0.2) is 10.8 Å². The average molecular weight is 301 g/mol. The quantitative estimate of drug-likeness (QED) is 0.893. The number of nitrogens with one attached hydrogen (secondary N) is 2. The zero-order valence-corrected chi connectivity index (χ0v) is 11.7. The van der Waals surface area contributed by atoms with Crippen molar-refractivity contribution in [3.8, 4) is 0 Å². The van der Waals surface area contributed by atoms with Gasteiger partial charge in [0.15, 0.2) is 0 Å². The maximum absolute atomic E-state index is 5.41. The van der Waals surface area contributed by atoms with Crippen molar-refractivity contribution >= 4 is 27.6 Å². The summed E-state index contributed by atoms with van der Waals surface area (Å²) in [5.74, 6) is 1.62. The molecule has 2 heterocycles. The largest absolute Gasteiger partial charge is 0.379 e. The summed E-state index contributed by atoms with van der Waals surface area (Å²) in [4.78, 5) is 8.45. The van der Waals surface area contributed by atoms with E-state index in [-0.39, 0.29) is 5.54 Å². The molecule has 0 spiro atoms. The third-order valence-electron chi connectivity index (χ3n) is 2.77. The molecule has 0 radical (unpaired) electrons. The van der Waals surface area contributed by atoms with Gasteiger partial charge >= 0.3 is 0 Å². The van der Waals surface area contributed by atoms with E-state index < -0.39 is 0 Å². The van der Waals surface area contributed by atoms with E-state index in [2.05, 4.69) is 43.5 Å². The lowest BCUT2D eigenvalue weighted by Gasteiger charge is -2.25. The number of rotatable bonds is 4. The fourth-order valence-corrected chi connectivity index (χ4v) is 2.24. The highest BCUT2D eigenvalue weighted by Crippen LogP contribution is 2.30. The van der Waals surface area contributed by atoms with Gasteiger partial charge in [0, 0.05) is 13.2 Å². The van der Waals surface area contributed by atoms with Gasteiger partial charge < -0.3 is 15.4 Å². The Balaban J connectivity index is 2.18. The van der Waals surface area contributed by atoms with Crippen molar-refractivity contribution in [2.45, 2.75) is 25.8 Å². The number of ether oxygens (including phenoxy) is 1. The second-order valence-corrected chi connectivity index (χ2v) is 5.20. The van der Waals surface area contributed by atoms with E-state index in [1.54, 1.807) is 6.33 Å². The summed E-state index contributed by atoms with van der Waals surface area (Å²) in [5.41, 5.74) is -0.0413. The zero-order chi connectivity index (χ0) is 12.3. The summed E-state index contributed by atoms with van der Waals surface area (Å²) in [6.07, 6.45) is 2.55. The molecular weight excluding hydrogens is 284 g/mol. The Morgan fingerprint density at radius 2 is 2.24 bits per heavy atom. The highest BCUT2D eigenvalue weighted by molar-refractivity contribution is 9.10. The molecule has 2 rings (SSSR count). The molecule has 17 heavy (non-hydrogen) atoms. The molecule has 1 atom stereocenters. The van der Waals surface area contributed by atoms with E-state index >= 15 is 0 Å². The lowest BCUT2D eigenvalue weighted by molar-refractivity contribution is 0.185. The van der Waals surface area contributed by atoms with Gasteiger partial charge in [0.1, 0.15) is 22.4 Å². The van der Waals surface area contributed by atoms with E-state index in [0.717, 1.165) is 35.7 Å². The standard InChI is InChI=1S/C11H17BrN4O/c1-3-13-9-8(12)10(15-7-14-9)16-11(2)4-5-17-6-11/h7H,3-6H2,1-2H3,(H2,13,14,15,16). The van der Waals surface area contributed by atoms with Crippen LogP contribution in [0.2, 0.25) is 0 Å². The van der Waals surface area contributed by atoms with Crippen LogP contribution in [0.4, 0.5) is 11.6 Å². The van der Waals surface area contributed by atoms with Crippen molar-refractivity contribution in [1.82, 2.24) is 9.97 Å². The third kappa shape index (κ3) is 2.87. The van der Waals surface area contributed by atoms with Crippen LogP contribution in [0, 0.1) is 0 Å². The van der Waals surface area contributed by atoms with Crippen molar-refractivity contribution in [2.24, 2.45) is 0 Å².